The van der Waals surface area contributed by atoms with Crippen molar-refractivity contribution >= 4 is 17.6 Å². The minimum Gasteiger partial charge on any atom is -0.494 e. The Morgan fingerprint density at radius 2 is 1.94 bits per heavy atom. The van der Waals surface area contributed by atoms with Crippen molar-refractivity contribution in [1.29, 1.82) is 5.26 Å². The van der Waals surface area contributed by atoms with Gasteiger partial charge in [0, 0.05) is 16.7 Å². The van der Waals surface area contributed by atoms with Gasteiger partial charge in [0.2, 0.25) is 5.88 Å². The van der Waals surface area contributed by atoms with E-state index in [4.69, 9.17) is 31.5 Å². The third-order valence-corrected chi connectivity index (χ3v) is 5.65. The summed E-state index contributed by atoms with van der Waals surface area (Å²) in [6.07, 6.45) is 1.96. The van der Waals surface area contributed by atoms with E-state index in [0.29, 0.717) is 40.0 Å². The number of ether oxygens (including phenoxy) is 3. The molecular formula is C27H23ClN2O4. The molecule has 1 atom stereocenters. The molecule has 0 amide bonds. The fourth-order valence-electron chi connectivity index (χ4n) is 3.74. The SMILES string of the molecule is CCCCOc1cccc(C(=O)Oc2ccc3c(c2)OC(N)=C(C#N)C3c2cccc(Cl)c2)c1. The zero-order valence-corrected chi connectivity index (χ0v) is 19.3. The van der Waals surface area contributed by atoms with Crippen molar-refractivity contribution in [1.82, 2.24) is 0 Å². The summed E-state index contributed by atoms with van der Waals surface area (Å²) >= 11 is 6.18. The number of nitrogens with zero attached hydrogens (tertiary/aromatic N) is 1. The average molecular weight is 475 g/mol. The van der Waals surface area contributed by atoms with Crippen LogP contribution in [0.25, 0.3) is 0 Å². The van der Waals surface area contributed by atoms with E-state index in [1.807, 2.05) is 12.1 Å². The lowest BCUT2D eigenvalue weighted by Crippen LogP contribution is -2.21. The van der Waals surface area contributed by atoms with Gasteiger partial charge >= 0.3 is 5.97 Å². The maximum absolute atomic E-state index is 12.7. The van der Waals surface area contributed by atoms with Crippen LogP contribution in [0.1, 0.15) is 47.2 Å². The summed E-state index contributed by atoms with van der Waals surface area (Å²) in [4.78, 5) is 12.7. The van der Waals surface area contributed by atoms with Gasteiger partial charge in [-0.2, -0.15) is 5.26 Å². The summed E-state index contributed by atoms with van der Waals surface area (Å²) in [5.41, 5.74) is 8.25. The molecule has 1 aliphatic heterocycles. The van der Waals surface area contributed by atoms with Crippen molar-refractivity contribution in [2.75, 3.05) is 6.61 Å². The van der Waals surface area contributed by atoms with Crippen LogP contribution >= 0.6 is 11.6 Å². The van der Waals surface area contributed by atoms with Crippen LogP contribution < -0.4 is 19.9 Å². The van der Waals surface area contributed by atoms with Crippen molar-refractivity contribution in [2.45, 2.75) is 25.7 Å². The Labute approximate surface area is 203 Å². The number of nitrogens with two attached hydrogens (primary N) is 1. The Kier molecular flexibility index (Phi) is 7.05. The Morgan fingerprint density at radius 1 is 1.12 bits per heavy atom. The number of fused-ring (bicyclic) bond motifs is 1. The second-order valence-electron chi connectivity index (χ2n) is 7.80. The monoisotopic (exact) mass is 474 g/mol. The van der Waals surface area contributed by atoms with E-state index in [-0.39, 0.29) is 5.88 Å². The molecule has 7 heteroatoms. The minimum absolute atomic E-state index is 0.000353. The molecule has 0 radical (unpaired) electrons. The highest BCUT2D eigenvalue weighted by Gasteiger charge is 2.31. The van der Waals surface area contributed by atoms with Crippen LogP contribution in [0.5, 0.6) is 17.2 Å². The minimum atomic E-state index is -0.524. The van der Waals surface area contributed by atoms with Gasteiger partial charge in [-0.05, 0) is 48.4 Å². The van der Waals surface area contributed by atoms with Crippen LogP contribution in [-0.4, -0.2) is 12.6 Å². The van der Waals surface area contributed by atoms with E-state index >= 15 is 0 Å². The second-order valence-corrected chi connectivity index (χ2v) is 8.24. The molecule has 172 valence electrons. The number of unbranched alkanes of at least 4 members (excludes halogenated alkanes) is 1. The number of carbonyl (C=O) groups excluding carboxylic acids is 1. The topological polar surface area (TPSA) is 94.6 Å². The zero-order chi connectivity index (χ0) is 24.1. The molecule has 1 aliphatic rings. The first-order chi connectivity index (χ1) is 16.5. The van der Waals surface area contributed by atoms with Crippen molar-refractivity contribution in [3.05, 3.63) is 99.9 Å². The summed E-state index contributed by atoms with van der Waals surface area (Å²) in [7, 11) is 0. The number of hydrogen-bond donors (Lipinski definition) is 1. The standard InChI is InChI=1S/C27H23ClN2O4/c1-2-3-12-32-20-9-5-7-18(14-20)27(31)33-21-10-11-22-24(15-21)34-26(30)23(16-29)25(22)17-6-4-8-19(28)13-17/h4-11,13-15,25H,2-3,12,30H2,1H3. The predicted octanol–water partition coefficient (Wildman–Crippen LogP) is 5.96. The first-order valence-electron chi connectivity index (χ1n) is 10.9. The largest absolute Gasteiger partial charge is 0.494 e. The molecule has 6 nitrogen and oxygen atoms in total. The summed E-state index contributed by atoms with van der Waals surface area (Å²) < 4.78 is 17.0. The van der Waals surface area contributed by atoms with Crippen molar-refractivity contribution in [3.8, 4) is 23.3 Å². The Morgan fingerprint density at radius 3 is 2.71 bits per heavy atom. The Balaban J connectivity index is 1.59. The van der Waals surface area contributed by atoms with Gasteiger partial charge in [0.15, 0.2) is 0 Å². The second kappa shape index (κ2) is 10.3. The van der Waals surface area contributed by atoms with Crippen LogP contribution in [0.15, 0.2) is 78.2 Å². The number of halogens is 1. The van der Waals surface area contributed by atoms with Gasteiger partial charge in [-0.15, -0.1) is 0 Å². The lowest BCUT2D eigenvalue weighted by Gasteiger charge is -2.26. The molecule has 3 aromatic carbocycles. The first-order valence-corrected chi connectivity index (χ1v) is 11.3. The quantitative estimate of drug-likeness (QED) is 0.258. The van der Waals surface area contributed by atoms with Crippen LogP contribution in [0.4, 0.5) is 0 Å². The highest BCUT2D eigenvalue weighted by atomic mass is 35.5. The van der Waals surface area contributed by atoms with E-state index < -0.39 is 11.9 Å². The van der Waals surface area contributed by atoms with E-state index in [2.05, 4.69) is 13.0 Å². The maximum atomic E-state index is 12.7. The molecule has 4 rings (SSSR count). The third-order valence-electron chi connectivity index (χ3n) is 5.42. The number of benzene rings is 3. The van der Waals surface area contributed by atoms with Crippen LogP contribution in [0.2, 0.25) is 5.02 Å². The lowest BCUT2D eigenvalue weighted by atomic mass is 9.83. The van der Waals surface area contributed by atoms with Gasteiger partial charge in [0.05, 0.1) is 18.1 Å². The van der Waals surface area contributed by atoms with E-state index in [0.717, 1.165) is 24.0 Å². The third kappa shape index (κ3) is 5.00. The van der Waals surface area contributed by atoms with Gasteiger partial charge < -0.3 is 19.9 Å². The molecule has 0 saturated carbocycles. The predicted molar refractivity (Wildman–Crippen MR) is 129 cm³/mol. The van der Waals surface area contributed by atoms with Gasteiger partial charge in [0.25, 0.3) is 0 Å². The normalized spacial score (nSPS) is 14.6. The fourth-order valence-corrected chi connectivity index (χ4v) is 3.94. The number of carbonyl (C=O) groups is 1. The summed E-state index contributed by atoms with van der Waals surface area (Å²) in [5, 5.41) is 10.2. The molecule has 0 fully saturated rings. The number of nitriles is 1. The molecular weight excluding hydrogens is 452 g/mol. The molecule has 3 aromatic rings. The highest BCUT2D eigenvalue weighted by molar-refractivity contribution is 6.30. The highest BCUT2D eigenvalue weighted by Crippen LogP contribution is 2.43. The molecule has 0 aromatic heterocycles. The molecule has 0 saturated heterocycles. The molecule has 0 aliphatic carbocycles. The molecule has 0 bridgehead atoms. The zero-order valence-electron chi connectivity index (χ0n) is 18.6. The lowest BCUT2D eigenvalue weighted by molar-refractivity contribution is 0.0734. The van der Waals surface area contributed by atoms with Crippen molar-refractivity contribution in [3.63, 3.8) is 0 Å². The van der Waals surface area contributed by atoms with Gasteiger partial charge in [-0.3, -0.25) is 0 Å². The fraction of sp³-hybridized carbons (Fsp3) is 0.185. The average Bonchev–Trinajstić information content (AvgIpc) is 2.83. The van der Waals surface area contributed by atoms with Crippen molar-refractivity contribution < 1.29 is 19.0 Å². The molecule has 0 spiro atoms. The maximum Gasteiger partial charge on any atom is 0.343 e. The van der Waals surface area contributed by atoms with E-state index in [9.17, 15) is 10.1 Å². The summed E-state index contributed by atoms with van der Waals surface area (Å²) in [6.45, 7) is 2.67. The molecule has 2 N–H and O–H groups in total. The van der Waals surface area contributed by atoms with Gasteiger partial charge in [0.1, 0.15) is 28.9 Å². The van der Waals surface area contributed by atoms with Crippen molar-refractivity contribution in [2.24, 2.45) is 5.73 Å². The number of hydrogen-bond acceptors (Lipinski definition) is 6. The number of rotatable bonds is 7. The smallest absolute Gasteiger partial charge is 0.343 e. The van der Waals surface area contributed by atoms with Gasteiger partial charge in [-0.1, -0.05) is 49.2 Å². The number of allylic oxidation sites excluding steroid dienone is 1. The number of esters is 1. The van der Waals surface area contributed by atoms with Crippen LogP contribution in [-0.2, 0) is 0 Å². The summed E-state index contributed by atoms with van der Waals surface area (Å²) in [5.74, 6) is 0.337. The Bertz CT molecular complexity index is 1300. The molecule has 34 heavy (non-hydrogen) atoms. The van der Waals surface area contributed by atoms with Gasteiger partial charge in [-0.25, -0.2) is 4.79 Å². The Hall–Kier alpha value is -3.95. The van der Waals surface area contributed by atoms with E-state index in [1.54, 1.807) is 54.6 Å². The summed E-state index contributed by atoms with van der Waals surface area (Å²) in [6, 6.07) is 21.3. The van der Waals surface area contributed by atoms with Crippen LogP contribution in [0, 0.1) is 11.3 Å². The van der Waals surface area contributed by atoms with Crippen LogP contribution in [0.3, 0.4) is 0 Å². The first kappa shape index (κ1) is 23.2. The van der Waals surface area contributed by atoms with E-state index in [1.165, 1.54) is 0 Å². The molecule has 1 unspecified atom stereocenters. The molecule has 1 heterocycles.